The molecule has 0 saturated carbocycles. The van der Waals surface area contributed by atoms with E-state index in [1.165, 1.54) is 17.6 Å². The summed E-state index contributed by atoms with van der Waals surface area (Å²) < 4.78 is 5.14. The molecule has 1 aromatic rings. The maximum absolute atomic E-state index is 12.8. The number of carbonyl (C=O) groups excluding carboxylic acids is 2. The standard InChI is InChI=1S/C17H27N3O3S/c1-3-4-14(19-16(21)9-13(10-18)23-2)17(22)20-7-5-15-12(11-20)6-8-24-15/h6,8,13-14H,3-5,7,9-11,18H2,1-2H3,(H,19,21). The molecule has 134 valence electrons. The number of thiophene rings is 1. The third-order valence-electron chi connectivity index (χ3n) is 4.34. The molecule has 0 saturated heterocycles. The van der Waals surface area contributed by atoms with Gasteiger partial charge in [-0.1, -0.05) is 13.3 Å². The van der Waals surface area contributed by atoms with E-state index in [0.29, 0.717) is 19.5 Å². The largest absolute Gasteiger partial charge is 0.380 e. The highest BCUT2D eigenvalue weighted by atomic mass is 32.1. The van der Waals surface area contributed by atoms with Crippen LogP contribution in [0.1, 0.15) is 36.6 Å². The smallest absolute Gasteiger partial charge is 0.245 e. The predicted molar refractivity (Wildman–Crippen MR) is 94.7 cm³/mol. The van der Waals surface area contributed by atoms with Crippen molar-refractivity contribution in [2.24, 2.45) is 5.73 Å². The SMILES string of the molecule is CCCC(NC(=O)CC(CN)OC)C(=O)N1CCc2sccc2C1. The summed E-state index contributed by atoms with van der Waals surface area (Å²) in [6.45, 7) is 3.64. The van der Waals surface area contributed by atoms with E-state index in [9.17, 15) is 9.59 Å². The van der Waals surface area contributed by atoms with Crippen LogP contribution in [0.15, 0.2) is 11.4 Å². The summed E-state index contributed by atoms with van der Waals surface area (Å²) in [5, 5.41) is 4.94. The van der Waals surface area contributed by atoms with E-state index in [2.05, 4.69) is 16.8 Å². The fourth-order valence-electron chi connectivity index (χ4n) is 2.93. The number of methoxy groups -OCH3 is 1. The summed E-state index contributed by atoms with van der Waals surface area (Å²) >= 11 is 1.75. The summed E-state index contributed by atoms with van der Waals surface area (Å²) in [6, 6.07) is 1.61. The van der Waals surface area contributed by atoms with E-state index < -0.39 is 6.04 Å². The van der Waals surface area contributed by atoms with Crippen LogP contribution in [0.5, 0.6) is 0 Å². The third-order valence-corrected chi connectivity index (χ3v) is 5.36. The Morgan fingerprint density at radius 1 is 1.50 bits per heavy atom. The molecular formula is C17H27N3O3S. The van der Waals surface area contributed by atoms with Crippen LogP contribution >= 0.6 is 11.3 Å². The maximum Gasteiger partial charge on any atom is 0.245 e. The van der Waals surface area contributed by atoms with Crippen LogP contribution in [-0.2, 0) is 27.3 Å². The molecule has 0 fully saturated rings. The summed E-state index contributed by atoms with van der Waals surface area (Å²) in [5.74, 6) is -0.184. The first-order valence-corrected chi connectivity index (χ1v) is 9.33. The summed E-state index contributed by atoms with van der Waals surface area (Å²) in [6.07, 6.45) is 2.22. The van der Waals surface area contributed by atoms with Gasteiger partial charge in [0.2, 0.25) is 11.8 Å². The highest BCUT2D eigenvalue weighted by molar-refractivity contribution is 7.10. The lowest BCUT2D eigenvalue weighted by Gasteiger charge is -2.31. The molecule has 0 spiro atoms. The number of rotatable bonds is 8. The molecule has 0 bridgehead atoms. The van der Waals surface area contributed by atoms with Crippen molar-refractivity contribution in [3.05, 3.63) is 21.9 Å². The number of nitrogens with one attached hydrogen (secondary N) is 1. The molecule has 2 atom stereocenters. The number of amides is 2. The lowest BCUT2D eigenvalue weighted by atomic mass is 10.1. The molecule has 1 aliphatic rings. The van der Waals surface area contributed by atoms with Gasteiger partial charge in [0, 0.05) is 31.6 Å². The van der Waals surface area contributed by atoms with Gasteiger partial charge in [-0.3, -0.25) is 9.59 Å². The van der Waals surface area contributed by atoms with Crippen LogP contribution in [0.4, 0.5) is 0 Å². The Hall–Kier alpha value is -1.44. The molecule has 2 unspecified atom stereocenters. The average molecular weight is 353 g/mol. The number of nitrogens with two attached hydrogens (primary N) is 1. The van der Waals surface area contributed by atoms with Crippen LogP contribution < -0.4 is 11.1 Å². The Morgan fingerprint density at radius 3 is 2.96 bits per heavy atom. The zero-order valence-electron chi connectivity index (χ0n) is 14.4. The van der Waals surface area contributed by atoms with Crippen LogP contribution in [-0.4, -0.2) is 49.1 Å². The fourth-order valence-corrected chi connectivity index (χ4v) is 3.82. The molecule has 1 aromatic heterocycles. The van der Waals surface area contributed by atoms with Crippen molar-refractivity contribution in [2.45, 2.75) is 51.3 Å². The van der Waals surface area contributed by atoms with E-state index in [4.69, 9.17) is 10.5 Å². The number of hydrogen-bond acceptors (Lipinski definition) is 5. The molecule has 2 rings (SSSR count). The van der Waals surface area contributed by atoms with Gasteiger partial charge >= 0.3 is 0 Å². The first-order chi connectivity index (χ1) is 11.6. The summed E-state index contributed by atoms with van der Waals surface area (Å²) in [7, 11) is 1.53. The molecule has 2 amide bonds. The van der Waals surface area contributed by atoms with Gasteiger partial charge in [-0.15, -0.1) is 11.3 Å². The first kappa shape index (κ1) is 18.9. The van der Waals surface area contributed by atoms with E-state index in [1.807, 2.05) is 11.8 Å². The zero-order chi connectivity index (χ0) is 17.5. The van der Waals surface area contributed by atoms with E-state index in [-0.39, 0.29) is 30.9 Å². The van der Waals surface area contributed by atoms with Crippen molar-refractivity contribution >= 4 is 23.2 Å². The Morgan fingerprint density at radius 2 is 2.29 bits per heavy atom. The lowest BCUT2D eigenvalue weighted by Crippen LogP contribution is -2.50. The van der Waals surface area contributed by atoms with Gasteiger partial charge in [0.15, 0.2) is 0 Å². The van der Waals surface area contributed by atoms with Gasteiger partial charge in [0.05, 0.1) is 12.5 Å². The highest BCUT2D eigenvalue weighted by Gasteiger charge is 2.28. The number of fused-ring (bicyclic) bond motifs is 1. The molecule has 1 aliphatic heterocycles. The number of ether oxygens (including phenoxy) is 1. The topological polar surface area (TPSA) is 84.7 Å². The number of nitrogens with zero attached hydrogens (tertiary/aromatic N) is 1. The molecule has 24 heavy (non-hydrogen) atoms. The monoisotopic (exact) mass is 353 g/mol. The molecule has 0 aliphatic carbocycles. The molecule has 0 radical (unpaired) electrons. The van der Waals surface area contributed by atoms with Gasteiger partial charge in [0.1, 0.15) is 6.04 Å². The van der Waals surface area contributed by atoms with Crippen LogP contribution in [0.2, 0.25) is 0 Å². The molecule has 7 heteroatoms. The molecule has 3 N–H and O–H groups in total. The maximum atomic E-state index is 12.8. The minimum Gasteiger partial charge on any atom is -0.380 e. The minimum atomic E-state index is -0.474. The van der Waals surface area contributed by atoms with Crippen molar-refractivity contribution in [1.29, 1.82) is 0 Å². The van der Waals surface area contributed by atoms with Gasteiger partial charge in [-0.25, -0.2) is 0 Å². The second-order valence-electron chi connectivity index (χ2n) is 6.09. The second kappa shape index (κ2) is 9.15. The van der Waals surface area contributed by atoms with Crippen molar-refractivity contribution < 1.29 is 14.3 Å². The third kappa shape index (κ3) is 4.78. The number of hydrogen-bond donors (Lipinski definition) is 2. The van der Waals surface area contributed by atoms with Crippen LogP contribution in [0.3, 0.4) is 0 Å². The Balaban J connectivity index is 1.96. The minimum absolute atomic E-state index is 0.00349. The van der Waals surface area contributed by atoms with E-state index >= 15 is 0 Å². The van der Waals surface area contributed by atoms with E-state index in [1.54, 1.807) is 11.3 Å². The van der Waals surface area contributed by atoms with Crippen LogP contribution in [0.25, 0.3) is 0 Å². The molecule has 6 nitrogen and oxygen atoms in total. The van der Waals surface area contributed by atoms with Gasteiger partial charge in [-0.05, 0) is 29.9 Å². The van der Waals surface area contributed by atoms with Crippen molar-refractivity contribution in [1.82, 2.24) is 10.2 Å². The quantitative estimate of drug-likeness (QED) is 0.737. The van der Waals surface area contributed by atoms with Gasteiger partial charge in [-0.2, -0.15) is 0 Å². The van der Waals surface area contributed by atoms with Gasteiger partial charge in [0.25, 0.3) is 0 Å². The van der Waals surface area contributed by atoms with Crippen molar-refractivity contribution in [2.75, 3.05) is 20.2 Å². The van der Waals surface area contributed by atoms with Gasteiger partial charge < -0.3 is 20.7 Å². The average Bonchev–Trinajstić information content (AvgIpc) is 3.06. The normalized spacial score (nSPS) is 16.4. The van der Waals surface area contributed by atoms with Crippen molar-refractivity contribution in [3.63, 3.8) is 0 Å². The van der Waals surface area contributed by atoms with Crippen LogP contribution in [0, 0.1) is 0 Å². The highest BCUT2D eigenvalue weighted by Crippen LogP contribution is 2.24. The zero-order valence-corrected chi connectivity index (χ0v) is 15.2. The first-order valence-electron chi connectivity index (χ1n) is 8.45. The van der Waals surface area contributed by atoms with E-state index in [0.717, 1.165) is 12.8 Å². The molecule has 0 aromatic carbocycles. The summed E-state index contributed by atoms with van der Waals surface area (Å²) in [4.78, 5) is 28.2. The molecule has 2 heterocycles. The summed E-state index contributed by atoms with van der Waals surface area (Å²) in [5.41, 5.74) is 6.78. The predicted octanol–water partition coefficient (Wildman–Crippen LogP) is 1.28. The number of carbonyl (C=O) groups is 2. The molecular weight excluding hydrogens is 326 g/mol. The Kier molecular flexibility index (Phi) is 7.20. The lowest BCUT2D eigenvalue weighted by molar-refractivity contribution is -0.138. The van der Waals surface area contributed by atoms with Crippen molar-refractivity contribution in [3.8, 4) is 0 Å². The second-order valence-corrected chi connectivity index (χ2v) is 7.09. The Labute approximate surface area is 147 Å². The Bertz CT molecular complexity index is 557. The fraction of sp³-hybridized carbons (Fsp3) is 0.647.